The minimum absolute atomic E-state index is 0. The highest BCUT2D eigenvalue weighted by molar-refractivity contribution is 6.39. The first kappa shape index (κ1) is 21.8. The lowest BCUT2D eigenvalue weighted by Gasteiger charge is -2.36. The van der Waals surface area contributed by atoms with E-state index < -0.39 is 0 Å². The highest BCUT2D eigenvalue weighted by atomic mass is 35.5. The highest BCUT2D eigenvalue weighted by Crippen LogP contribution is 2.31. The number of para-hydroxylation sites is 2. The Morgan fingerprint density at radius 2 is 1.93 bits per heavy atom. The SMILES string of the molecule is COc1ccccc1C1CNCCN1CC(=O)Nc1c(Cl)cccc1Cl.Cl. The van der Waals surface area contributed by atoms with Gasteiger partial charge >= 0.3 is 0 Å². The van der Waals surface area contributed by atoms with Gasteiger partial charge in [0.2, 0.25) is 5.91 Å². The van der Waals surface area contributed by atoms with Crippen LogP contribution in [0.3, 0.4) is 0 Å². The minimum atomic E-state index is -0.151. The molecule has 2 N–H and O–H groups in total. The predicted molar refractivity (Wildman–Crippen MR) is 113 cm³/mol. The molecule has 1 unspecified atom stereocenters. The fraction of sp³-hybridized carbons (Fsp3) is 0.316. The summed E-state index contributed by atoms with van der Waals surface area (Å²) in [6, 6.07) is 13.1. The third-order valence-corrected chi connectivity index (χ3v) is 5.06. The first-order valence-corrected chi connectivity index (χ1v) is 9.17. The van der Waals surface area contributed by atoms with Gasteiger partial charge in [-0.2, -0.15) is 0 Å². The summed E-state index contributed by atoms with van der Waals surface area (Å²) in [6.07, 6.45) is 0. The van der Waals surface area contributed by atoms with E-state index >= 15 is 0 Å². The summed E-state index contributed by atoms with van der Waals surface area (Å²) >= 11 is 12.3. The van der Waals surface area contributed by atoms with E-state index in [4.69, 9.17) is 27.9 Å². The van der Waals surface area contributed by atoms with E-state index in [1.54, 1.807) is 25.3 Å². The van der Waals surface area contributed by atoms with Crippen molar-refractivity contribution >= 4 is 47.2 Å². The van der Waals surface area contributed by atoms with Crippen LogP contribution in [0, 0.1) is 0 Å². The Labute approximate surface area is 175 Å². The fourth-order valence-corrected chi connectivity index (χ4v) is 3.66. The van der Waals surface area contributed by atoms with Crippen molar-refractivity contribution in [2.24, 2.45) is 0 Å². The van der Waals surface area contributed by atoms with Crippen LogP contribution in [0.15, 0.2) is 42.5 Å². The maximum atomic E-state index is 12.6. The van der Waals surface area contributed by atoms with E-state index in [-0.39, 0.29) is 30.9 Å². The molecular weight excluding hydrogens is 409 g/mol. The number of anilines is 1. The molecule has 1 fully saturated rings. The third-order valence-electron chi connectivity index (χ3n) is 4.43. The lowest BCUT2D eigenvalue weighted by atomic mass is 10.0. The molecule has 0 radical (unpaired) electrons. The Balaban J connectivity index is 0.00000261. The smallest absolute Gasteiger partial charge is 0.238 e. The molecule has 0 bridgehead atoms. The Kier molecular flexibility index (Phi) is 8.20. The number of hydrogen-bond acceptors (Lipinski definition) is 4. The molecule has 2 aromatic rings. The minimum Gasteiger partial charge on any atom is -0.496 e. The molecule has 0 saturated carbocycles. The van der Waals surface area contributed by atoms with Crippen molar-refractivity contribution in [1.82, 2.24) is 10.2 Å². The zero-order chi connectivity index (χ0) is 18.5. The maximum Gasteiger partial charge on any atom is 0.238 e. The molecule has 3 rings (SSSR count). The van der Waals surface area contributed by atoms with Crippen LogP contribution in [-0.4, -0.2) is 44.1 Å². The van der Waals surface area contributed by atoms with E-state index in [1.165, 1.54) is 0 Å². The molecule has 1 aliphatic heterocycles. The molecule has 2 aromatic carbocycles. The second-order valence-electron chi connectivity index (χ2n) is 6.08. The van der Waals surface area contributed by atoms with Crippen molar-refractivity contribution in [3.05, 3.63) is 58.1 Å². The average Bonchev–Trinajstić information content (AvgIpc) is 2.65. The van der Waals surface area contributed by atoms with E-state index in [2.05, 4.69) is 15.5 Å². The van der Waals surface area contributed by atoms with Gasteiger partial charge in [0.15, 0.2) is 0 Å². The molecule has 146 valence electrons. The molecule has 1 amide bonds. The number of nitrogens with one attached hydrogen (secondary N) is 2. The van der Waals surface area contributed by atoms with Gasteiger partial charge in [-0.05, 0) is 18.2 Å². The molecule has 1 atom stereocenters. The van der Waals surface area contributed by atoms with Gasteiger partial charge in [0.1, 0.15) is 5.75 Å². The zero-order valence-electron chi connectivity index (χ0n) is 14.9. The molecule has 0 aromatic heterocycles. The van der Waals surface area contributed by atoms with Crippen molar-refractivity contribution in [2.45, 2.75) is 6.04 Å². The zero-order valence-corrected chi connectivity index (χ0v) is 17.2. The van der Waals surface area contributed by atoms with Gasteiger partial charge in [-0.1, -0.05) is 47.5 Å². The number of ether oxygens (including phenoxy) is 1. The number of benzene rings is 2. The lowest BCUT2D eigenvalue weighted by Crippen LogP contribution is -2.48. The van der Waals surface area contributed by atoms with Crippen molar-refractivity contribution in [1.29, 1.82) is 0 Å². The predicted octanol–water partition coefficient (Wildman–Crippen LogP) is 4.01. The van der Waals surface area contributed by atoms with Gasteiger partial charge in [-0.25, -0.2) is 0 Å². The number of piperazine rings is 1. The van der Waals surface area contributed by atoms with Gasteiger partial charge in [-0.15, -0.1) is 12.4 Å². The number of nitrogens with zero attached hydrogens (tertiary/aromatic N) is 1. The maximum absolute atomic E-state index is 12.6. The topological polar surface area (TPSA) is 53.6 Å². The number of rotatable bonds is 5. The fourth-order valence-electron chi connectivity index (χ4n) is 3.16. The van der Waals surface area contributed by atoms with Crippen LogP contribution < -0.4 is 15.4 Å². The summed E-state index contributed by atoms with van der Waals surface area (Å²) in [7, 11) is 1.66. The monoisotopic (exact) mass is 429 g/mol. The van der Waals surface area contributed by atoms with Crippen molar-refractivity contribution < 1.29 is 9.53 Å². The Morgan fingerprint density at radius 3 is 2.63 bits per heavy atom. The molecule has 8 heteroatoms. The second-order valence-corrected chi connectivity index (χ2v) is 6.89. The summed E-state index contributed by atoms with van der Waals surface area (Å²) < 4.78 is 5.49. The Hall–Kier alpha value is -1.50. The number of hydrogen-bond donors (Lipinski definition) is 2. The first-order valence-electron chi connectivity index (χ1n) is 8.41. The average molecular weight is 431 g/mol. The summed E-state index contributed by atoms with van der Waals surface area (Å²) in [5, 5.41) is 7.06. The van der Waals surface area contributed by atoms with Crippen molar-refractivity contribution in [3.63, 3.8) is 0 Å². The van der Waals surface area contributed by atoms with Crippen LogP contribution in [0.1, 0.15) is 11.6 Å². The quantitative estimate of drug-likeness (QED) is 0.752. The summed E-state index contributed by atoms with van der Waals surface area (Å²) in [5.41, 5.74) is 1.51. The second kappa shape index (κ2) is 10.2. The largest absolute Gasteiger partial charge is 0.496 e. The van der Waals surface area contributed by atoms with Gasteiger partial charge in [-0.3, -0.25) is 9.69 Å². The molecular formula is C19H22Cl3N3O2. The van der Waals surface area contributed by atoms with Crippen LogP contribution in [0.4, 0.5) is 5.69 Å². The number of carbonyl (C=O) groups is 1. The molecule has 1 aliphatic rings. The number of halogens is 3. The Bertz CT molecular complexity index is 768. The molecule has 5 nitrogen and oxygen atoms in total. The molecule has 1 heterocycles. The molecule has 0 spiro atoms. The van der Waals surface area contributed by atoms with Crippen LogP contribution in [0.2, 0.25) is 10.0 Å². The third kappa shape index (κ3) is 5.27. The number of carbonyl (C=O) groups excluding carboxylic acids is 1. The first-order chi connectivity index (χ1) is 12.6. The standard InChI is InChI=1S/C19H21Cl2N3O2.ClH/c1-26-17-8-3-2-5-13(17)16-11-22-9-10-24(16)12-18(25)23-19-14(20)6-4-7-15(19)21;/h2-8,16,22H,9-12H2,1H3,(H,23,25);1H. The van der Waals surface area contributed by atoms with Gasteiger partial charge in [0, 0.05) is 25.2 Å². The van der Waals surface area contributed by atoms with Gasteiger partial charge in [0.25, 0.3) is 0 Å². The summed E-state index contributed by atoms with van der Waals surface area (Å²) in [5.74, 6) is 0.669. The van der Waals surface area contributed by atoms with Crippen LogP contribution in [-0.2, 0) is 4.79 Å². The molecule has 0 aliphatic carbocycles. The lowest BCUT2D eigenvalue weighted by molar-refractivity contribution is -0.118. The summed E-state index contributed by atoms with van der Waals surface area (Å²) in [4.78, 5) is 14.7. The van der Waals surface area contributed by atoms with Crippen LogP contribution in [0.5, 0.6) is 5.75 Å². The van der Waals surface area contributed by atoms with Crippen molar-refractivity contribution in [2.75, 3.05) is 38.6 Å². The van der Waals surface area contributed by atoms with Gasteiger partial charge < -0.3 is 15.4 Å². The van der Waals surface area contributed by atoms with Crippen LogP contribution in [0.25, 0.3) is 0 Å². The normalized spacial score (nSPS) is 17.1. The molecule has 27 heavy (non-hydrogen) atoms. The van der Waals surface area contributed by atoms with E-state index in [0.717, 1.165) is 30.9 Å². The summed E-state index contributed by atoms with van der Waals surface area (Å²) in [6.45, 7) is 2.57. The van der Waals surface area contributed by atoms with Gasteiger partial charge in [0.05, 0.1) is 35.4 Å². The Morgan fingerprint density at radius 1 is 1.22 bits per heavy atom. The number of methoxy groups -OCH3 is 1. The van der Waals surface area contributed by atoms with Crippen LogP contribution >= 0.6 is 35.6 Å². The number of amides is 1. The molecule has 1 saturated heterocycles. The highest BCUT2D eigenvalue weighted by Gasteiger charge is 2.27. The van der Waals surface area contributed by atoms with E-state index in [0.29, 0.717) is 15.7 Å². The van der Waals surface area contributed by atoms with Crippen molar-refractivity contribution in [3.8, 4) is 5.75 Å². The van der Waals surface area contributed by atoms with E-state index in [1.807, 2.05) is 24.3 Å². The van der Waals surface area contributed by atoms with E-state index in [9.17, 15) is 4.79 Å².